The van der Waals surface area contributed by atoms with Crippen molar-refractivity contribution in [2.24, 2.45) is 0 Å². The molecule has 5 nitrogen and oxygen atoms in total. The highest BCUT2D eigenvalue weighted by Crippen LogP contribution is 2.28. The van der Waals surface area contributed by atoms with Crippen LogP contribution in [-0.4, -0.2) is 42.1 Å². The molecule has 0 saturated carbocycles. The second-order valence-corrected chi connectivity index (χ2v) is 7.42. The van der Waals surface area contributed by atoms with Gasteiger partial charge in [-0.15, -0.1) is 0 Å². The van der Waals surface area contributed by atoms with Crippen LogP contribution in [0, 0.1) is 0 Å². The average Bonchev–Trinajstić information content (AvgIpc) is 2.85. The van der Waals surface area contributed by atoms with Gasteiger partial charge in [-0.1, -0.05) is 60.7 Å². The molecule has 5 rings (SSSR count). The molecule has 0 aliphatic carbocycles. The molecule has 154 valence electrons. The average molecular weight is 410 g/mol. The lowest BCUT2D eigenvalue weighted by Gasteiger charge is -2.27. The van der Waals surface area contributed by atoms with Crippen LogP contribution >= 0.6 is 0 Å². The second kappa shape index (κ2) is 8.58. The quantitative estimate of drug-likeness (QED) is 0.466. The Morgan fingerprint density at radius 2 is 1.52 bits per heavy atom. The van der Waals surface area contributed by atoms with E-state index in [0.29, 0.717) is 43.5 Å². The molecule has 5 heteroatoms. The number of aromatic nitrogens is 1. The van der Waals surface area contributed by atoms with E-state index in [0.717, 1.165) is 22.0 Å². The molecule has 1 aliphatic rings. The lowest BCUT2D eigenvalue weighted by molar-refractivity contribution is 0.0304. The van der Waals surface area contributed by atoms with Crippen molar-refractivity contribution >= 4 is 16.8 Å². The molecule has 0 unspecified atom stereocenters. The number of hydrogen-bond acceptors (Lipinski definition) is 4. The third kappa shape index (κ3) is 4.13. The van der Waals surface area contributed by atoms with Crippen LogP contribution < -0.4 is 4.74 Å². The number of amides is 1. The fraction of sp³-hybridized carbons (Fsp3) is 0.154. The Bertz CT molecular complexity index is 1200. The van der Waals surface area contributed by atoms with Crippen molar-refractivity contribution in [3.8, 4) is 22.8 Å². The number of rotatable bonds is 4. The third-order valence-electron chi connectivity index (χ3n) is 5.41. The van der Waals surface area contributed by atoms with Crippen LogP contribution in [0.25, 0.3) is 22.0 Å². The summed E-state index contributed by atoms with van der Waals surface area (Å²) < 4.78 is 11.4. The molecule has 0 atom stereocenters. The summed E-state index contributed by atoms with van der Waals surface area (Å²) in [6, 6.07) is 27.5. The van der Waals surface area contributed by atoms with Gasteiger partial charge in [-0.05, 0) is 29.3 Å². The molecule has 1 aliphatic heterocycles. The zero-order chi connectivity index (χ0) is 21.0. The van der Waals surface area contributed by atoms with E-state index in [1.807, 2.05) is 71.6 Å². The van der Waals surface area contributed by atoms with Crippen molar-refractivity contribution in [2.45, 2.75) is 0 Å². The number of fused-ring (bicyclic) bond motifs is 1. The van der Waals surface area contributed by atoms with Gasteiger partial charge in [0, 0.05) is 24.5 Å². The SMILES string of the molecule is O=C(c1cc(Oc2ccc(-c3ccccc3)cc2)nc2ccccc12)N1CCOCC1. The third-order valence-corrected chi connectivity index (χ3v) is 5.41. The van der Waals surface area contributed by atoms with Gasteiger partial charge in [-0.3, -0.25) is 4.79 Å². The van der Waals surface area contributed by atoms with E-state index >= 15 is 0 Å². The van der Waals surface area contributed by atoms with Gasteiger partial charge in [0.2, 0.25) is 5.88 Å². The Labute approximate surface area is 180 Å². The van der Waals surface area contributed by atoms with Crippen molar-refractivity contribution in [3.05, 3.63) is 90.5 Å². The van der Waals surface area contributed by atoms with Gasteiger partial charge in [0.15, 0.2) is 0 Å². The standard InChI is InChI=1S/C26H22N2O3/c29-26(28-14-16-30-17-15-28)23-18-25(27-24-9-5-4-8-22(23)24)31-21-12-10-20(11-13-21)19-6-2-1-3-7-19/h1-13,18H,14-17H2. The summed E-state index contributed by atoms with van der Waals surface area (Å²) in [4.78, 5) is 19.7. The van der Waals surface area contributed by atoms with Crippen molar-refractivity contribution in [1.29, 1.82) is 0 Å². The van der Waals surface area contributed by atoms with Crippen LogP contribution in [0.4, 0.5) is 0 Å². The minimum Gasteiger partial charge on any atom is -0.439 e. The fourth-order valence-electron chi connectivity index (χ4n) is 3.78. The summed E-state index contributed by atoms with van der Waals surface area (Å²) in [5.74, 6) is 1.06. The van der Waals surface area contributed by atoms with Crippen molar-refractivity contribution < 1.29 is 14.3 Å². The maximum atomic E-state index is 13.2. The van der Waals surface area contributed by atoms with Crippen LogP contribution in [0.15, 0.2) is 84.9 Å². The van der Waals surface area contributed by atoms with Gasteiger partial charge in [-0.25, -0.2) is 4.98 Å². The molecule has 4 aromatic rings. The normalized spacial score (nSPS) is 13.9. The highest BCUT2D eigenvalue weighted by molar-refractivity contribution is 6.06. The van der Waals surface area contributed by atoms with E-state index in [1.54, 1.807) is 6.07 Å². The maximum Gasteiger partial charge on any atom is 0.254 e. The van der Waals surface area contributed by atoms with Crippen molar-refractivity contribution in [3.63, 3.8) is 0 Å². The largest absolute Gasteiger partial charge is 0.439 e. The minimum atomic E-state index is -0.0221. The minimum absolute atomic E-state index is 0.0221. The number of nitrogens with zero attached hydrogens (tertiary/aromatic N) is 2. The van der Waals surface area contributed by atoms with Gasteiger partial charge in [0.1, 0.15) is 5.75 Å². The molecular formula is C26H22N2O3. The predicted molar refractivity (Wildman–Crippen MR) is 120 cm³/mol. The predicted octanol–water partition coefficient (Wildman–Crippen LogP) is 5.17. The molecule has 2 heterocycles. The van der Waals surface area contributed by atoms with Gasteiger partial charge in [0.25, 0.3) is 5.91 Å². The van der Waals surface area contributed by atoms with E-state index in [4.69, 9.17) is 9.47 Å². The molecule has 1 aromatic heterocycles. The Morgan fingerprint density at radius 1 is 0.839 bits per heavy atom. The molecule has 1 amide bonds. The Hall–Kier alpha value is -3.70. The molecular weight excluding hydrogens is 388 g/mol. The number of pyridine rings is 1. The molecule has 31 heavy (non-hydrogen) atoms. The Morgan fingerprint density at radius 3 is 2.29 bits per heavy atom. The summed E-state index contributed by atoms with van der Waals surface area (Å²) in [6.45, 7) is 2.30. The first kappa shape index (κ1) is 19.3. The van der Waals surface area contributed by atoms with E-state index in [9.17, 15) is 4.79 Å². The molecule has 0 spiro atoms. The summed E-state index contributed by atoms with van der Waals surface area (Å²) in [5, 5.41) is 0.825. The van der Waals surface area contributed by atoms with Crippen molar-refractivity contribution in [1.82, 2.24) is 9.88 Å². The fourth-order valence-corrected chi connectivity index (χ4v) is 3.78. The van der Waals surface area contributed by atoms with Crippen LogP contribution in [0.5, 0.6) is 11.6 Å². The lowest BCUT2D eigenvalue weighted by atomic mass is 10.1. The number of ether oxygens (including phenoxy) is 2. The second-order valence-electron chi connectivity index (χ2n) is 7.42. The molecule has 3 aromatic carbocycles. The Balaban J connectivity index is 1.45. The highest BCUT2D eigenvalue weighted by atomic mass is 16.5. The molecule has 0 radical (unpaired) electrons. The van der Waals surface area contributed by atoms with Crippen LogP contribution in [0.3, 0.4) is 0 Å². The van der Waals surface area contributed by atoms with Crippen molar-refractivity contribution in [2.75, 3.05) is 26.3 Å². The Kier molecular flexibility index (Phi) is 5.33. The summed E-state index contributed by atoms with van der Waals surface area (Å²) in [5.41, 5.74) is 3.60. The number of benzene rings is 3. The van der Waals surface area contributed by atoms with Gasteiger partial charge in [0.05, 0.1) is 24.3 Å². The van der Waals surface area contributed by atoms with E-state index in [-0.39, 0.29) is 5.91 Å². The first-order chi connectivity index (χ1) is 15.3. The molecule has 1 fully saturated rings. The van der Waals surface area contributed by atoms with Crippen LogP contribution in [0.1, 0.15) is 10.4 Å². The molecule has 0 bridgehead atoms. The first-order valence-electron chi connectivity index (χ1n) is 10.4. The zero-order valence-electron chi connectivity index (χ0n) is 17.0. The topological polar surface area (TPSA) is 51.7 Å². The summed E-state index contributed by atoms with van der Waals surface area (Å²) >= 11 is 0. The van der Waals surface area contributed by atoms with Crippen LogP contribution in [-0.2, 0) is 4.74 Å². The summed E-state index contributed by atoms with van der Waals surface area (Å²) in [7, 11) is 0. The number of hydrogen-bond donors (Lipinski definition) is 0. The maximum absolute atomic E-state index is 13.2. The number of morpholine rings is 1. The highest BCUT2D eigenvalue weighted by Gasteiger charge is 2.22. The van der Waals surface area contributed by atoms with Gasteiger partial charge >= 0.3 is 0 Å². The number of carbonyl (C=O) groups is 1. The number of carbonyl (C=O) groups excluding carboxylic acids is 1. The number of para-hydroxylation sites is 1. The van der Waals surface area contributed by atoms with E-state index < -0.39 is 0 Å². The monoisotopic (exact) mass is 410 g/mol. The lowest BCUT2D eigenvalue weighted by Crippen LogP contribution is -2.40. The molecule has 0 N–H and O–H groups in total. The van der Waals surface area contributed by atoms with Crippen LogP contribution in [0.2, 0.25) is 0 Å². The smallest absolute Gasteiger partial charge is 0.254 e. The van der Waals surface area contributed by atoms with Gasteiger partial charge in [-0.2, -0.15) is 0 Å². The first-order valence-corrected chi connectivity index (χ1v) is 10.4. The summed E-state index contributed by atoms with van der Waals surface area (Å²) in [6.07, 6.45) is 0. The van der Waals surface area contributed by atoms with E-state index in [1.165, 1.54) is 0 Å². The molecule has 1 saturated heterocycles. The van der Waals surface area contributed by atoms with E-state index in [2.05, 4.69) is 17.1 Å². The van der Waals surface area contributed by atoms with Gasteiger partial charge < -0.3 is 14.4 Å². The zero-order valence-corrected chi connectivity index (χ0v) is 17.0.